The Kier molecular flexibility index (Phi) is 5.39. The van der Waals surface area contributed by atoms with Gasteiger partial charge in [-0.25, -0.2) is 4.98 Å². The van der Waals surface area contributed by atoms with Crippen LogP contribution in [0.5, 0.6) is 0 Å². The Labute approximate surface area is 165 Å². The number of imidazole rings is 1. The Hall–Kier alpha value is -2.73. The molecule has 0 aliphatic heterocycles. The summed E-state index contributed by atoms with van der Waals surface area (Å²) in [5.74, 6) is 15.8. The van der Waals surface area contributed by atoms with Crippen LogP contribution in [0.15, 0.2) is 4.79 Å². The predicted molar refractivity (Wildman–Crippen MR) is 110 cm³/mol. The summed E-state index contributed by atoms with van der Waals surface area (Å²) in [6.07, 6.45) is 11.0. The lowest BCUT2D eigenvalue weighted by Crippen LogP contribution is -2.12. The Morgan fingerprint density at radius 2 is 1.54 bits per heavy atom. The summed E-state index contributed by atoms with van der Waals surface area (Å²) in [5.41, 5.74) is 6.04. The summed E-state index contributed by atoms with van der Waals surface area (Å²) in [6, 6.07) is 0. The van der Waals surface area contributed by atoms with Gasteiger partial charge in [-0.2, -0.15) is 4.98 Å². The number of hydrogen-bond donors (Lipinski definition) is 2. The van der Waals surface area contributed by atoms with Gasteiger partial charge in [-0.05, 0) is 44.4 Å². The topological polar surface area (TPSA) is 89.6 Å². The molecule has 0 unspecified atom stereocenters. The summed E-state index contributed by atoms with van der Waals surface area (Å²) in [5, 5.41) is 0. The molecule has 146 valence electrons. The lowest BCUT2D eigenvalue weighted by Gasteiger charge is -2.22. The highest BCUT2D eigenvalue weighted by Gasteiger charge is 2.19. The van der Waals surface area contributed by atoms with Crippen LogP contribution in [0.1, 0.15) is 63.6 Å². The fraction of sp³-hybridized carbons (Fsp3) is 0.591. The van der Waals surface area contributed by atoms with E-state index in [4.69, 9.17) is 5.73 Å². The van der Waals surface area contributed by atoms with Gasteiger partial charge in [0.05, 0.1) is 0 Å². The molecule has 0 spiro atoms. The number of nitrogens with zero attached hydrogens (tertiary/aromatic N) is 3. The number of rotatable bonds is 0. The fourth-order valence-corrected chi connectivity index (χ4v) is 4.23. The van der Waals surface area contributed by atoms with Crippen LogP contribution in [0, 0.1) is 41.4 Å². The molecular weight excluding hydrogens is 350 g/mol. The van der Waals surface area contributed by atoms with Crippen LogP contribution in [0.4, 0.5) is 5.95 Å². The van der Waals surface area contributed by atoms with Crippen molar-refractivity contribution < 1.29 is 0 Å². The van der Waals surface area contributed by atoms with Gasteiger partial charge in [0.1, 0.15) is 0 Å². The van der Waals surface area contributed by atoms with Gasteiger partial charge in [0.25, 0.3) is 5.56 Å². The molecule has 0 bridgehead atoms. The van der Waals surface area contributed by atoms with Crippen molar-refractivity contribution in [3.63, 3.8) is 0 Å². The van der Waals surface area contributed by atoms with Crippen molar-refractivity contribution in [2.75, 3.05) is 5.73 Å². The number of anilines is 1. The molecule has 0 saturated heterocycles. The van der Waals surface area contributed by atoms with Crippen LogP contribution in [0.2, 0.25) is 0 Å². The van der Waals surface area contributed by atoms with E-state index in [9.17, 15) is 4.79 Å². The third-order valence-corrected chi connectivity index (χ3v) is 5.96. The van der Waals surface area contributed by atoms with Gasteiger partial charge in [-0.15, -0.1) is 0 Å². The minimum Gasteiger partial charge on any atom is -0.369 e. The summed E-state index contributed by atoms with van der Waals surface area (Å²) in [6.45, 7) is 0. The third kappa shape index (κ3) is 4.07. The molecule has 2 saturated carbocycles. The maximum atomic E-state index is 12.0. The maximum Gasteiger partial charge on any atom is 0.280 e. The number of aromatic amines is 1. The van der Waals surface area contributed by atoms with E-state index in [0.29, 0.717) is 29.2 Å². The van der Waals surface area contributed by atoms with Crippen molar-refractivity contribution in [2.45, 2.75) is 57.8 Å². The molecule has 3 N–H and O–H groups in total. The second kappa shape index (κ2) is 8.10. The first-order chi connectivity index (χ1) is 13.6. The average molecular weight is 377 g/mol. The van der Waals surface area contributed by atoms with Crippen LogP contribution in [0.3, 0.4) is 0 Å². The number of nitrogens with two attached hydrogens (primary N) is 1. The summed E-state index contributed by atoms with van der Waals surface area (Å²) in [4.78, 5) is 22.9. The highest BCUT2D eigenvalue weighted by Crippen LogP contribution is 2.29. The fourth-order valence-electron chi connectivity index (χ4n) is 4.23. The van der Waals surface area contributed by atoms with E-state index < -0.39 is 0 Å². The summed E-state index contributed by atoms with van der Waals surface area (Å²) < 4.78 is 1.73. The molecule has 4 rings (SSSR count). The molecule has 2 aromatic rings. The highest BCUT2D eigenvalue weighted by molar-refractivity contribution is 5.72. The van der Waals surface area contributed by atoms with E-state index in [0.717, 1.165) is 25.7 Å². The molecule has 2 heterocycles. The third-order valence-electron chi connectivity index (χ3n) is 5.96. The van der Waals surface area contributed by atoms with Crippen molar-refractivity contribution in [2.24, 2.45) is 24.8 Å². The summed E-state index contributed by atoms with van der Waals surface area (Å²) in [7, 11) is 1.81. The van der Waals surface area contributed by atoms with Gasteiger partial charge in [-0.3, -0.25) is 9.78 Å². The first-order valence-electron chi connectivity index (χ1n) is 10.3. The first kappa shape index (κ1) is 18.6. The quantitative estimate of drug-likeness (QED) is 0.691. The Bertz CT molecular complexity index is 1030. The van der Waals surface area contributed by atoms with Gasteiger partial charge >= 0.3 is 0 Å². The molecule has 0 aromatic carbocycles. The second-order valence-corrected chi connectivity index (χ2v) is 8.06. The zero-order chi connectivity index (χ0) is 19.5. The number of nitrogen functional groups attached to an aromatic ring is 1. The number of aromatic nitrogens is 4. The number of nitrogens with one attached hydrogen (secondary N) is 1. The molecule has 2 fully saturated rings. The highest BCUT2D eigenvalue weighted by atomic mass is 16.1. The largest absolute Gasteiger partial charge is 0.369 e. The number of H-pyrrole nitrogens is 1. The Balaban J connectivity index is 1.40. The zero-order valence-corrected chi connectivity index (χ0v) is 16.4. The molecule has 6 nitrogen and oxygen atoms in total. The molecule has 2 aliphatic carbocycles. The van der Waals surface area contributed by atoms with Gasteiger partial charge in [0, 0.05) is 24.8 Å². The molecule has 0 atom stereocenters. The van der Waals surface area contributed by atoms with Crippen LogP contribution in [0.25, 0.3) is 11.2 Å². The van der Waals surface area contributed by atoms with Gasteiger partial charge in [0.15, 0.2) is 17.0 Å². The van der Waals surface area contributed by atoms with Crippen molar-refractivity contribution in [1.82, 2.24) is 19.5 Å². The number of aryl methyl sites for hydroxylation is 1. The molecular formula is C22H27N5O. The van der Waals surface area contributed by atoms with Crippen LogP contribution in [-0.2, 0) is 7.05 Å². The maximum absolute atomic E-state index is 12.0. The number of fused-ring (bicyclic) bond motifs is 1. The Morgan fingerprint density at radius 1 is 0.929 bits per heavy atom. The smallest absolute Gasteiger partial charge is 0.280 e. The normalized spacial score (nSPS) is 22.9. The van der Waals surface area contributed by atoms with E-state index in [-0.39, 0.29) is 17.0 Å². The molecule has 0 amide bonds. The van der Waals surface area contributed by atoms with Gasteiger partial charge in [-0.1, -0.05) is 37.0 Å². The monoisotopic (exact) mass is 377 g/mol. The van der Waals surface area contributed by atoms with Crippen LogP contribution in [-0.4, -0.2) is 19.5 Å². The number of hydrogen-bond acceptors (Lipinski definition) is 4. The molecule has 0 radical (unpaired) electrons. The lowest BCUT2D eigenvalue weighted by atomic mass is 9.82. The molecule has 2 aromatic heterocycles. The lowest BCUT2D eigenvalue weighted by molar-refractivity contribution is 0.371. The van der Waals surface area contributed by atoms with Crippen molar-refractivity contribution in [3.05, 3.63) is 16.2 Å². The van der Waals surface area contributed by atoms with Crippen molar-refractivity contribution >= 4 is 17.1 Å². The van der Waals surface area contributed by atoms with Crippen molar-refractivity contribution in [3.8, 4) is 23.7 Å². The van der Waals surface area contributed by atoms with E-state index in [1.165, 1.54) is 32.1 Å². The molecule has 6 heteroatoms. The summed E-state index contributed by atoms with van der Waals surface area (Å²) >= 11 is 0. The van der Waals surface area contributed by atoms with Crippen LogP contribution >= 0.6 is 0 Å². The van der Waals surface area contributed by atoms with Gasteiger partial charge in [0.2, 0.25) is 5.95 Å². The van der Waals surface area contributed by atoms with E-state index in [1.54, 1.807) is 4.57 Å². The average Bonchev–Trinajstić information content (AvgIpc) is 3.03. The van der Waals surface area contributed by atoms with E-state index in [2.05, 4.69) is 38.6 Å². The SMILES string of the molecule is Cn1c(C#C[C@H]2CC[C@@H](C#CC3CCCCC3)CC2)nc2c(=O)[nH]c(N)nc21. The predicted octanol–water partition coefficient (Wildman–Crippen LogP) is 2.98. The zero-order valence-electron chi connectivity index (χ0n) is 16.4. The second-order valence-electron chi connectivity index (χ2n) is 8.06. The molecule has 28 heavy (non-hydrogen) atoms. The first-order valence-corrected chi connectivity index (χ1v) is 10.3. The van der Waals surface area contributed by atoms with Crippen molar-refractivity contribution in [1.29, 1.82) is 0 Å². The van der Waals surface area contributed by atoms with E-state index >= 15 is 0 Å². The minimum absolute atomic E-state index is 0.0904. The Morgan fingerprint density at radius 3 is 2.21 bits per heavy atom. The minimum atomic E-state index is -0.330. The van der Waals surface area contributed by atoms with Gasteiger partial charge < -0.3 is 10.3 Å². The molecule has 2 aliphatic rings. The van der Waals surface area contributed by atoms with Crippen LogP contribution < -0.4 is 11.3 Å². The standard InChI is InChI=1S/C22H27N5O/c1-27-18(24-19-20(27)25-22(23)26-21(19)28)14-13-17-11-9-16(10-12-17)8-7-15-5-3-2-4-6-15/h15-17H,2-6,9-12H2,1H3,(H3,23,25,26,28)/t16-,17+. The van der Waals surface area contributed by atoms with E-state index in [1.807, 2.05) is 7.05 Å².